The summed E-state index contributed by atoms with van der Waals surface area (Å²) in [6.45, 7) is 10.8. The molecule has 42 heavy (non-hydrogen) atoms. The van der Waals surface area contributed by atoms with Crippen LogP contribution in [0.3, 0.4) is 0 Å². The lowest BCUT2D eigenvalue weighted by Gasteiger charge is -2.38. The summed E-state index contributed by atoms with van der Waals surface area (Å²) in [6, 6.07) is 18.3. The molecular weight excluding hydrogens is 532 g/mol. The van der Waals surface area contributed by atoms with Crippen molar-refractivity contribution in [3.8, 4) is 0 Å². The van der Waals surface area contributed by atoms with Gasteiger partial charge in [-0.05, 0) is 75.9 Å². The fourth-order valence-electron chi connectivity index (χ4n) is 4.63. The number of nitrogens with zero attached hydrogens (tertiary/aromatic N) is 1. The number of ether oxygens (including phenoxy) is 1. The topological polar surface area (TPSA) is 131 Å². The van der Waals surface area contributed by atoms with E-state index in [-0.39, 0.29) is 12.8 Å². The molecule has 3 unspecified atom stereocenters. The maximum Gasteiger partial charge on any atom is 0.408 e. The largest absolute Gasteiger partial charge is 0.444 e. The van der Waals surface area contributed by atoms with Crippen LogP contribution in [0.15, 0.2) is 66.7 Å². The van der Waals surface area contributed by atoms with Gasteiger partial charge in [0.1, 0.15) is 17.7 Å². The van der Waals surface area contributed by atoms with Crippen molar-refractivity contribution in [3.05, 3.63) is 77.9 Å². The molecule has 3 aromatic rings. The Morgan fingerprint density at radius 3 is 2.19 bits per heavy atom. The van der Waals surface area contributed by atoms with Gasteiger partial charge < -0.3 is 26.0 Å². The molecule has 0 heterocycles. The fourth-order valence-corrected chi connectivity index (χ4v) is 4.63. The van der Waals surface area contributed by atoms with Gasteiger partial charge in [-0.15, -0.1) is 0 Å². The molecule has 0 aliphatic rings. The third kappa shape index (κ3) is 8.80. The number of benzene rings is 3. The molecule has 3 atom stereocenters. The Kier molecular flexibility index (Phi) is 10.7. The normalized spacial score (nSPS) is 13.5. The molecule has 0 fully saturated rings. The standard InChI is InChI=1S/C33H42N4O5/c1-7-22(3)37(31(40)27(18-19-28(34)38)36-32(41)42-33(4,5)6)29(24-14-12-21(2)13-15-24)30(39)35-26-17-16-23-10-8-9-11-25(23)20-26/h8-17,20,22,27,29H,7,18-19H2,1-6H3,(H2,34,38)(H,35,39)(H,36,41). The molecular formula is C33H42N4O5. The van der Waals surface area contributed by atoms with Crippen LogP contribution < -0.4 is 16.4 Å². The molecule has 0 spiro atoms. The smallest absolute Gasteiger partial charge is 0.408 e. The summed E-state index contributed by atoms with van der Waals surface area (Å²) < 4.78 is 5.40. The Balaban J connectivity index is 2.04. The van der Waals surface area contributed by atoms with E-state index in [1.165, 1.54) is 4.90 Å². The number of carbonyl (C=O) groups excluding carboxylic acids is 4. The summed E-state index contributed by atoms with van der Waals surface area (Å²) in [6.07, 6.45) is -0.458. The van der Waals surface area contributed by atoms with Crippen molar-refractivity contribution >= 4 is 40.3 Å². The lowest BCUT2D eigenvalue weighted by Crippen LogP contribution is -2.55. The van der Waals surface area contributed by atoms with Gasteiger partial charge in [-0.2, -0.15) is 0 Å². The predicted molar refractivity (Wildman–Crippen MR) is 165 cm³/mol. The average Bonchev–Trinajstić information content (AvgIpc) is 2.92. The fraction of sp³-hybridized carbons (Fsp3) is 0.394. The SMILES string of the molecule is CCC(C)N(C(=O)C(CCC(N)=O)NC(=O)OC(C)(C)C)C(C(=O)Nc1ccc2ccccc2c1)c1ccc(C)cc1. The van der Waals surface area contributed by atoms with E-state index in [4.69, 9.17) is 10.5 Å². The molecule has 0 radical (unpaired) electrons. The van der Waals surface area contributed by atoms with E-state index < -0.39 is 47.5 Å². The Morgan fingerprint density at radius 1 is 0.952 bits per heavy atom. The number of alkyl carbamates (subject to hydrolysis) is 1. The number of carbonyl (C=O) groups is 4. The van der Waals surface area contributed by atoms with Crippen LogP contribution in [0, 0.1) is 6.92 Å². The third-order valence-corrected chi connectivity index (χ3v) is 6.93. The highest BCUT2D eigenvalue weighted by Gasteiger charge is 2.38. The number of hydrogen-bond acceptors (Lipinski definition) is 5. The number of anilines is 1. The first-order valence-electron chi connectivity index (χ1n) is 14.2. The second kappa shape index (κ2) is 14.0. The zero-order valence-electron chi connectivity index (χ0n) is 25.3. The second-order valence-corrected chi connectivity index (χ2v) is 11.6. The van der Waals surface area contributed by atoms with Gasteiger partial charge in [0, 0.05) is 18.2 Å². The van der Waals surface area contributed by atoms with E-state index in [1.807, 2.05) is 87.5 Å². The summed E-state index contributed by atoms with van der Waals surface area (Å²) in [5.41, 5.74) is 6.80. The van der Waals surface area contributed by atoms with E-state index in [1.54, 1.807) is 20.8 Å². The Labute approximate surface area is 247 Å². The van der Waals surface area contributed by atoms with Crippen molar-refractivity contribution in [2.24, 2.45) is 5.73 Å². The molecule has 4 N–H and O–H groups in total. The minimum Gasteiger partial charge on any atom is -0.444 e. The van der Waals surface area contributed by atoms with Gasteiger partial charge >= 0.3 is 6.09 Å². The van der Waals surface area contributed by atoms with Gasteiger partial charge in [0.15, 0.2) is 0 Å². The summed E-state index contributed by atoms with van der Waals surface area (Å²) in [5.74, 6) is -1.54. The number of rotatable bonds is 11. The predicted octanol–water partition coefficient (Wildman–Crippen LogP) is 5.61. The quantitative estimate of drug-likeness (QED) is 0.274. The van der Waals surface area contributed by atoms with E-state index in [0.717, 1.165) is 16.3 Å². The van der Waals surface area contributed by atoms with Crippen LogP contribution in [0.5, 0.6) is 0 Å². The molecule has 0 saturated heterocycles. The highest BCUT2D eigenvalue weighted by molar-refractivity contribution is 6.00. The second-order valence-electron chi connectivity index (χ2n) is 11.6. The van der Waals surface area contributed by atoms with Crippen molar-refractivity contribution < 1.29 is 23.9 Å². The molecule has 9 heteroatoms. The zero-order chi connectivity index (χ0) is 31.0. The Morgan fingerprint density at radius 2 is 1.60 bits per heavy atom. The molecule has 3 aromatic carbocycles. The molecule has 0 aromatic heterocycles. The highest BCUT2D eigenvalue weighted by Crippen LogP contribution is 2.29. The molecule has 4 amide bonds. The summed E-state index contributed by atoms with van der Waals surface area (Å²) in [5, 5.41) is 7.62. The number of hydrogen-bond donors (Lipinski definition) is 3. The number of fused-ring (bicyclic) bond motifs is 1. The lowest BCUT2D eigenvalue weighted by molar-refractivity contribution is -0.143. The van der Waals surface area contributed by atoms with Gasteiger partial charge in [0.05, 0.1) is 0 Å². The van der Waals surface area contributed by atoms with Gasteiger partial charge in [-0.3, -0.25) is 14.4 Å². The summed E-state index contributed by atoms with van der Waals surface area (Å²) in [4.78, 5) is 54.3. The van der Waals surface area contributed by atoms with Crippen LogP contribution in [0.4, 0.5) is 10.5 Å². The molecule has 3 rings (SSSR count). The van der Waals surface area contributed by atoms with Crippen LogP contribution in [0.2, 0.25) is 0 Å². The van der Waals surface area contributed by atoms with Crippen LogP contribution in [0.1, 0.15) is 71.0 Å². The van der Waals surface area contributed by atoms with E-state index in [0.29, 0.717) is 17.7 Å². The first-order chi connectivity index (χ1) is 19.8. The molecule has 224 valence electrons. The lowest BCUT2D eigenvalue weighted by atomic mass is 9.98. The van der Waals surface area contributed by atoms with Crippen molar-refractivity contribution in [2.75, 3.05) is 5.32 Å². The zero-order valence-corrected chi connectivity index (χ0v) is 25.3. The summed E-state index contributed by atoms with van der Waals surface area (Å²) >= 11 is 0. The average molecular weight is 575 g/mol. The molecule has 0 aliphatic heterocycles. The minimum absolute atomic E-state index is 0.0484. The Bertz CT molecular complexity index is 1410. The van der Waals surface area contributed by atoms with Gasteiger partial charge in [-0.1, -0.05) is 67.1 Å². The van der Waals surface area contributed by atoms with E-state index in [2.05, 4.69) is 10.6 Å². The molecule has 0 bridgehead atoms. The van der Waals surface area contributed by atoms with Crippen molar-refractivity contribution in [3.63, 3.8) is 0 Å². The number of aryl methyl sites for hydroxylation is 1. The monoisotopic (exact) mass is 574 g/mol. The van der Waals surface area contributed by atoms with Crippen LogP contribution in [-0.2, 0) is 19.1 Å². The Hall–Kier alpha value is -4.40. The van der Waals surface area contributed by atoms with Gasteiger partial charge in [0.2, 0.25) is 11.8 Å². The number of amides is 4. The van der Waals surface area contributed by atoms with E-state index >= 15 is 0 Å². The first kappa shape index (κ1) is 32.1. The summed E-state index contributed by atoms with van der Waals surface area (Å²) in [7, 11) is 0. The highest BCUT2D eigenvalue weighted by atomic mass is 16.6. The van der Waals surface area contributed by atoms with E-state index in [9.17, 15) is 19.2 Å². The first-order valence-corrected chi connectivity index (χ1v) is 14.2. The number of nitrogens with one attached hydrogen (secondary N) is 2. The van der Waals surface area contributed by atoms with Crippen LogP contribution in [0.25, 0.3) is 10.8 Å². The number of nitrogens with two attached hydrogens (primary N) is 1. The van der Waals surface area contributed by atoms with Crippen molar-refractivity contribution in [1.82, 2.24) is 10.2 Å². The molecule has 9 nitrogen and oxygen atoms in total. The van der Waals surface area contributed by atoms with Crippen molar-refractivity contribution in [2.45, 2.75) is 84.5 Å². The maximum atomic E-state index is 14.3. The van der Waals surface area contributed by atoms with Crippen LogP contribution >= 0.6 is 0 Å². The van der Waals surface area contributed by atoms with Crippen molar-refractivity contribution in [1.29, 1.82) is 0 Å². The number of primary amides is 1. The van der Waals surface area contributed by atoms with Crippen LogP contribution in [-0.4, -0.2) is 46.4 Å². The van der Waals surface area contributed by atoms with Gasteiger partial charge in [0.25, 0.3) is 5.91 Å². The molecule has 0 saturated carbocycles. The molecule has 0 aliphatic carbocycles. The maximum absolute atomic E-state index is 14.3. The third-order valence-electron chi connectivity index (χ3n) is 6.93. The van der Waals surface area contributed by atoms with Gasteiger partial charge in [-0.25, -0.2) is 4.79 Å². The minimum atomic E-state index is -1.15.